The zero-order valence-electron chi connectivity index (χ0n) is 9.49. The summed E-state index contributed by atoms with van der Waals surface area (Å²) in [6.45, 7) is 1.97. The third-order valence-electron chi connectivity index (χ3n) is 2.98. The van der Waals surface area contributed by atoms with Crippen molar-refractivity contribution < 1.29 is 9.59 Å². The number of carbonyl (C=O) groups is 2. The van der Waals surface area contributed by atoms with Crippen molar-refractivity contribution in [2.75, 3.05) is 6.54 Å². The van der Waals surface area contributed by atoms with Crippen molar-refractivity contribution in [1.82, 2.24) is 15.1 Å². The third-order valence-corrected chi connectivity index (χ3v) is 2.98. The number of Topliss-reactive ketones (excluding diaryl/α,β-unsaturated/α-hetero) is 1. The summed E-state index contributed by atoms with van der Waals surface area (Å²) >= 11 is 0. The molecule has 0 saturated heterocycles. The van der Waals surface area contributed by atoms with Crippen LogP contribution in [0.2, 0.25) is 0 Å². The first-order valence-corrected chi connectivity index (χ1v) is 5.31. The molecule has 86 valence electrons. The van der Waals surface area contributed by atoms with Crippen LogP contribution in [0.4, 0.5) is 0 Å². The number of ketones is 1. The Morgan fingerprint density at radius 1 is 1.56 bits per heavy atom. The van der Waals surface area contributed by atoms with E-state index in [-0.39, 0.29) is 23.7 Å². The highest BCUT2D eigenvalue weighted by Crippen LogP contribution is 2.44. The van der Waals surface area contributed by atoms with Gasteiger partial charge in [-0.25, -0.2) is 0 Å². The molecule has 1 aromatic heterocycles. The second kappa shape index (κ2) is 3.73. The number of aryl methyl sites for hydroxylation is 1. The van der Waals surface area contributed by atoms with E-state index in [1.165, 1.54) is 6.20 Å². The molecule has 0 bridgehead atoms. The Morgan fingerprint density at radius 3 is 2.75 bits per heavy atom. The van der Waals surface area contributed by atoms with Gasteiger partial charge in [-0.15, -0.1) is 0 Å². The smallest absolute Gasteiger partial charge is 0.226 e. The largest absolute Gasteiger partial charge is 0.348 e. The molecule has 1 N–H and O–H groups in total. The fourth-order valence-corrected chi connectivity index (χ4v) is 1.46. The van der Waals surface area contributed by atoms with E-state index in [9.17, 15) is 9.59 Å². The first-order valence-electron chi connectivity index (χ1n) is 5.31. The number of aromatic nitrogens is 2. The lowest BCUT2D eigenvalue weighted by Gasteiger charge is -2.08. The molecule has 1 saturated carbocycles. The molecule has 1 amide bonds. The van der Waals surface area contributed by atoms with Crippen molar-refractivity contribution >= 4 is 11.7 Å². The first-order chi connectivity index (χ1) is 7.51. The molecule has 5 nitrogen and oxygen atoms in total. The minimum atomic E-state index is -0.227. The number of rotatable bonds is 4. The molecule has 0 aliphatic heterocycles. The Hall–Kier alpha value is -1.65. The maximum atomic E-state index is 11.6. The van der Waals surface area contributed by atoms with Gasteiger partial charge in [0.15, 0.2) is 5.78 Å². The minimum Gasteiger partial charge on any atom is -0.348 e. The van der Waals surface area contributed by atoms with Gasteiger partial charge in [0.05, 0.1) is 18.3 Å². The molecule has 16 heavy (non-hydrogen) atoms. The third kappa shape index (κ3) is 2.13. The second-order valence-corrected chi connectivity index (χ2v) is 4.57. The summed E-state index contributed by atoms with van der Waals surface area (Å²) in [4.78, 5) is 23.2. The van der Waals surface area contributed by atoms with Crippen molar-refractivity contribution in [1.29, 1.82) is 0 Å². The number of hydrogen-bond donors (Lipinski definition) is 1. The molecule has 0 atom stereocenters. The molecule has 1 heterocycles. The maximum Gasteiger partial charge on any atom is 0.226 e. The van der Waals surface area contributed by atoms with Crippen LogP contribution in [0.15, 0.2) is 12.4 Å². The Bertz CT molecular complexity index is 432. The van der Waals surface area contributed by atoms with Crippen LogP contribution in [0.25, 0.3) is 0 Å². The molecule has 2 rings (SSSR count). The predicted octanol–water partition coefficient (Wildman–Crippen LogP) is 0.519. The van der Waals surface area contributed by atoms with Crippen molar-refractivity contribution in [3.8, 4) is 0 Å². The lowest BCUT2D eigenvalue weighted by molar-refractivity contribution is -0.125. The molecular weight excluding hydrogens is 206 g/mol. The van der Waals surface area contributed by atoms with Crippen LogP contribution < -0.4 is 5.32 Å². The van der Waals surface area contributed by atoms with E-state index < -0.39 is 0 Å². The molecular formula is C11H15N3O2. The Labute approximate surface area is 93.8 Å². The van der Waals surface area contributed by atoms with Crippen LogP contribution in [-0.4, -0.2) is 28.0 Å². The highest BCUT2D eigenvalue weighted by atomic mass is 16.2. The SMILES string of the molecule is Cn1cc(C(=O)CNC(=O)C2(C)CC2)cn1. The van der Waals surface area contributed by atoms with Gasteiger partial charge in [0.2, 0.25) is 5.91 Å². The summed E-state index contributed by atoms with van der Waals surface area (Å²) in [5.74, 6) is -0.129. The number of nitrogens with one attached hydrogen (secondary N) is 1. The first kappa shape index (κ1) is 10.9. The summed E-state index contributed by atoms with van der Waals surface area (Å²) in [6.07, 6.45) is 4.99. The van der Waals surface area contributed by atoms with Gasteiger partial charge >= 0.3 is 0 Å². The molecule has 1 aliphatic rings. The molecule has 0 unspecified atom stereocenters. The normalized spacial score (nSPS) is 16.9. The molecule has 0 radical (unpaired) electrons. The Balaban J connectivity index is 1.86. The summed E-state index contributed by atoms with van der Waals surface area (Å²) in [6, 6.07) is 0. The zero-order chi connectivity index (χ0) is 11.8. The maximum absolute atomic E-state index is 11.6. The van der Waals surface area contributed by atoms with Gasteiger partial charge in [0.1, 0.15) is 0 Å². The van der Waals surface area contributed by atoms with Crippen molar-refractivity contribution in [2.45, 2.75) is 19.8 Å². The van der Waals surface area contributed by atoms with Gasteiger partial charge < -0.3 is 5.32 Å². The summed E-state index contributed by atoms with van der Waals surface area (Å²) in [5.41, 5.74) is 0.304. The van der Waals surface area contributed by atoms with Crippen LogP contribution in [0.5, 0.6) is 0 Å². The highest BCUT2D eigenvalue weighted by molar-refractivity contribution is 5.99. The number of amides is 1. The topological polar surface area (TPSA) is 64.0 Å². The molecule has 1 aromatic rings. The van der Waals surface area contributed by atoms with Gasteiger partial charge in [0, 0.05) is 18.7 Å². The number of carbonyl (C=O) groups excluding carboxylic acids is 2. The predicted molar refractivity (Wildman–Crippen MR) is 57.9 cm³/mol. The standard InChI is InChI=1S/C11H15N3O2/c1-11(3-4-11)10(16)12-6-9(15)8-5-13-14(2)7-8/h5,7H,3-4,6H2,1-2H3,(H,12,16). The Morgan fingerprint density at radius 2 is 2.25 bits per heavy atom. The second-order valence-electron chi connectivity index (χ2n) is 4.57. The van der Waals surface area contributed by atoms with Gasteiger partial charge in [-0.05, 0) is 12.8 Å². The zero-order valence-corrected chi connectivity index (χ0v) is 9.49. The Kier molecular flexibility index (Phi) is 2.53. The lowest BCUT2D eigenvalue weighted by atomic mass is 10.1. The molecule has 1 aliphatic carbocycles. The van der Waals surface area contributed by atoms with Gasteiger partial charge in [-0.2, -0.15) is 5.10 Å². The fraction of sp³-hybridized carbons (Fsp3) is 0.545. The van der Waals surface area contributed by atoms with Crippen molar-refractivity contribution in [3.05, 3.63) is 18.0 Å². The van der Waals surface area contributed by atoms with E-state index in [2.05, 4.69) is 10.4 Å². The van der Waals surface area contributed by atoms with E-state index in [4.69, 9.17) is 0 Å². The van der Waals surface area contributed by atoms with Gasteiger partial charge in [0.25, 0.3) is 0 Å². The monoisotopic (exact) mass is 221 g/mol. The summed E-state index contributed by atoms with van der Waals surface area (Å²) < 4.78 is 1.57. The summed E-state index contributed by atoms with van der Waals surface area (Å²) in [7, 11) is 1.75. The van der Waals surface area contributed by atoms with Crippen molar-refractivity contribution in [2.24, 2.45) is 12.5 Å². The average molecular weight is 221 g/mol. The van der Waals surface area contributed by atoms with E-state index in [1.807, 2.05) is 6.92 Å². The molecule has 1 fully saturated rings. The number of hydrogen-bond acceptors (Lipinski definition) is 3. The van der Waals surface area contributed by atoms with E-state index in [0.717, 1.165) is 12.8 Å². The highest BCUT2D eigenvalue weighted by Gasteiger charge is 2.44. The lowest BCUT2D eigenvalue weighted by Crippen LogP contribution is -2.34. The van der Waals surface area contributed by atoms with Crippen molar-refractivity contribution in [3.63, 3.8) is 0 Å². The van der Waals surface area contributed by atoms with E-state index in [0.29, 0.717) is 5.56 Å². The van der Waals surface area contributed by atoms with Crippen LogP contribution in [0, 0.1) is 5.41 Å². The van der Waals surface area contributed by atoms with Crippen LogP contribution in [0.1, 0.15) is 30.1 Å². The summed E-state index contributed by atoms with van der Waals surface area (Å²) in [5, 5.41) is 6.58. The van der Waals surface area contributed by atoms with Gasteiger partial charge in [-0.1, -0.05) is 6.92 Å². The molecule has 5 heteroatoms. The van der Waals surface area contributed by atoms with Crippen LogP contribution in [-0.2, 0) is 11.8 Å². The quantitative estimate of drug-likeness (QED) is 0.754. The fourth-order valence-electron chi connectivity index (χ4n) is 1.46. The van der Waals surface area contributed by atoms with Crippen LogP contribution >= 0.6 is 0 Å². The number of nitrogens with zero attached hydrogens (tertiary/aromatic N) is 2. The molecule has 0 aromatic carbocycles. The van der Waals surface area contributed by atoms with E-state index in [1.54, 1.807) is 17.9 Å². The van der Waals surface area contributed by atoms with Crippen LogP contribution in [0.3, 0.4) is 0 Å². The minimum absolute atomic E-state index is 0.0234. The van der Waals surface area contributed by atoms with E-state index >= 15 is 0 Å². The average Bonchev–Trinajstić information content (AvgIpc) is 2.85. The molecule has 0 spiro atoms. The van der Waals surface area contributed by atoms with Gasteiger partial charge in [-0.3, -0.25) is 14.3 Å².